The highest BCUT2D eigenvalue weighted by Crippen LogP contribution is 2.23. The maximum absolute atomic E-state index is 4.77. The molecule has 3 heteroatoms. The van der Waals surface area contributed by atoms with E-state index < -0.39 is 0 Å². The molecular formula is C17H20N2S. The summed E-state index contributed by atoms with van der Waals surface area (Å²) in [7, 11) is 0. The number of benzene rings is 1. The molecule has 20 heavy (non-hydrogen) atoms. The van der Waals surface area contributed by atoms with Crippen molar-refractivity contribution in [1.82, 2.24) is 9.97 Å². The monoisotopic (exact) mass is 284 g/mol. The molecule has 104 valence electrons. The molecule has 1 aliphatic carbocycles. The summed E-state index contributed by atoms with van der Waals surface area (Å²) in [5.41, 5.74) is 3.96. The molecule has 1 aromatic heterocycles. The van der Waals surface area contributed by atoms with Crippen molar-refractivity contribution in [2.75, 3.05) is 0 Å². The number of hydrogen-bond donors (Lipinski definition) is 0. The van der Waals surface area contributed by atoms with Crippen LogP contribution in [0.5, 0.6) is 0 Å². The van der Waals surface area contributed by atoms with Crippen molar-refractivity contribution in [2.45, 2.75) is 49.7 Å². The Balaban J connectivity index is 1.68. The number of rotatable bonds is 3. The van der Waals surface area contributed by atoms with E-state index in [0.717, 1.165) is 24.4 Å². The minimum Gasteiger partial charge on any atom is -0.240 e. The van der Waals surface area contributed by atoms with Crippen molar-refractivity contribution in [3.8, 4) is 0 Å². The van der Waals surface area contributed by atoms with Crippen LogP contribution < -0.4 is 0 Å². The molecular weight excluding hydrogens is 264 g/mol. The maximum atomic E-state index is 4.77. The Labute approximate surface area is 125 Å². The van der Waals surface area contributed by atoms with Gasteiger partial charge in [-0.05, 0) is 50.3 Å². The van der Waals surface area contributed by atoms with E-state index in [4.69, 9.17) is 4.98 Å². The Hall–Kier alpha value is -1.35. The summed E-state index contributed by atoms with van der Waals surface area (Å²) in [6, 6.07) is 8.65. The van der Waals surface area contributed by atoms with E-state index in [1.165, 1.54) is 41.0 Å². The number of aryl methyl sites for hydroxylation is 3. The Morgan fingerprint density at radius 2 is 1.85 bits per heavy atom. The number of aromatic nitrogens is 2. The summed E-state index contributed by atoms with van der Waals surface area (Å²) in [6.45, 7) is 2.12. The van der Waals surface area contributed by atoms with Gasteiger partial charge < -0.3 is 0 Å². The fourth-order valence-corrected chi connectivity index (χ4v) is 3.31. The van der Waals surface area contributed by atoms with Crippen LogP contribution in [0.1, 0.15) is 41.9 Å². The van der Waals surface area contributed by atoms with Gasteiger partial charge in [0.25, 0.3) is 0 Å². The molecule has 2 nitrogen and oxygen atoms in total. The van der Waals surface area contributed by atoms with Gasteiger partial charge in [0, 0.05) is 16.8 Å². The van der Waals surface area contributed by atoms with E-state index in [2.05, 4.69) is 42.4 Å². The summed E-state index contributed by atoms with van der Waals surface area (Å²) in [5, 5.41) is 0. The van der Waals surface area contributed by atoms with Crippen LogP contribution >= 0.6 is 11.8 Å². The lowest BCUT2D eigenvalue weighted by Gasteiger charge is -2.07. The topological polar surface area (TPSA) is 25.8 Å². The van der Waals surface area contributed by atoms with Crippen molar-refractivity contribution >= 4 is 11.8 Å². The SMILES string of the molecule is Cc1ccc(SCc2ncc3c(n2)CCCCC3)cc1. The molecule has 0 spiro atoms. The zero-order valence-electron chi connectivity index (χ0n) is 11.9. The molecule has 1 aromatic carbocycles. The average Bonchev–Trinajstić information content (AvgIpc) is 2.71. The van der Waals surface area contributed by atoms with Gasteiger partial charge in [0.15, 0.2) is 0 Å². The predicted molar refractivity (Wildman–Crippen MR) is 84.0 cm³/mol. The molecule has 0 amide bonds. The number of hydrogen-bond acceptors (Lipinski definition) is 3. The van der Waals surface area contributed by atoms with Gasteiger partial charge in [0.05, 0.1) is 5.75 Å². The van der Waals surface area contributed by atoms with E-state index >= 15 is 0 Å². The van der Waals surface area contributed by atoms with E-state index in [9.17, 15) is 0 Å². The van der Waals surface area contributed by atoms with Crippen molar-refractivity contribution in [3.05, 3.63) is 53.1 Å². The zero-order valence-corrected chi connectivity index (χ0v) is 12.7. The Kier molecular flexibility index (Phi) is 4.36. The van der Waals surface area contributed by atoms with Gasteiger partial charge in [-0.25, -0.2) is 9.97 Å². The Bertz CT molecular complexity index is 578. The second kappa shape index (κ2) is 6.40. The van der Waals surface area contributed by atoms with E-state index in [0.29, 0.717) is 0 Å². The molecule has 0 saturated heterocycles. The fraction of sp³-hybridized carbons (Fsp3) is 0.412. The molecule has 1 heterocycles. The Morgan fingerprint density at radius 3 is 2.70 bits per heavy atom. The van der Waals surface area contributed by atoms with Crippen LogP contribution in [0, 0.1) is 6.92 Å². The minimum atomic E-state index is 0.857. The molecule has 0 aliphatic heterocycles. The smallest absolute Gasteiger partial charge is 0.138 e. The van der Waals surface area contributed by atoms with Crippen molar-refractivity contribution in [2.24, 2.45) is 0 Å². The van der Waals surface area contributed by atoms with Gasteiger partial charge in [-0.2, -0.15) is 0 Å². The average molecular weight is 284 g/mol. The van der Waals surface area contributed by atoms with Crippen molar-refractivity contribution < 1.29 is 0 Å². The highest BCUT2D eigenvalue weighted by molar-refractivity contribution is 7.98. The van der Waals surface area contributed by atoms with Gasteiger partial charge in [-0.15, -0.1) is 11.8 Å². The van der Waals surface area contributed by atoms with Crippen LogP contribution in [-0.2, 0) is 18.6 Å². The first-order valence-corrected chi connectivity index (χ1v) is 8.33. The normalized spacial score (nSPS) is 14.7. The summed E-state index contributed by atoms with van der Waals surface area (Å²) in [5.74, 6) is 1.83. The van der Waals surface area contributed by atoms with Crippen molar-refractivity contribution in [1.29, 1.82) is 0 Å². The molecule has 0 unspecified atom stereocenters. The fourth-order valence-electron chi connectivity index (χ4n) is 2.55. The van der Waals surface area contributed by atoms with E-state index in [1.807, 2.05) is 11.8 Å². The lowest BCUT2D eigenvalue weighted by Crippen LogP contribution is -2.02. The van der Waals surface area contributed by atoms with Gasteiger partial charge in [0.1, 0.15) is 5.82 Å². The molecule has 0 radical (unpaired) electrons. The van der Waals surface area contributed by atoms with Gasteiger partial charge in [0.2, 0.25) is 0 Å². The van der Waals surface area contributed by atoms with Crippen molar-refractivity contribution in [3.63, 3.8) is 0 Å². The molecule has 0 fully saturated rings. The summed E-state index contributed by atoms with van der Waals surface area (Å²) in [4.78, 5) is 10.6. The third-order valence-electron chi connectivity index (χ3n) is 3.75. The highest BCUT2D eigenvalue weighted by atomic mass is 32.2. The zero-order chi connectivity index (χ0) is 13.8. The van der Waals surface area contributed by atoms with Crippen LogP contribution in [-0.4, -0.2) is 9.97 Å². The van der Waals surface area contributed by atoms with Crippen LogP contribution in [0.15, 0.2) is 35.4 Å². The summed E-state index contributed by atoms with van der Waals surface area (Å²) < 4.78 is 0. The van der Waals surface area contributed by atoms with Crippen LogP contribution in [0.3, 0.4) is 0 Å². The van der Waals surface area contributed by atoms with E-state index in [-0.39, 0.29) is 0 Å². The lowest BCUT2D eigenvalue weighted by atomic mass is 10.1. The quantitative estimate of drug-likeness (QED) is 0.619. The van der Waals surface area contributed by atoms with E-state index in [1.54, 1.807) is 0 Å². The molecule has 1 aliphatic rings. The molecule has 3 rings (SSSR count). The minimum absolute atomic E-state index is 0.857. The second-order valence-corrected chi connectivity index (χ2v) is 6.47. The van der Waals surface area contributed by atoms with Crippen LogP contribution in [0.2, 0.25) is 0 Å². The molecule has 0 bridgehead atoms. The number of fused-ring (bicyclic) bond motifs is 1. The molecule has 0 atom stereocenters. The predicted octanol–water partition coefficient (Wildman–Crippen LogP) is 4.35. The molecule has 0 N–H and O–H groups in total. The third-order valence-corrected chi connectivity index (χ3v) is 4.76. The van der Waals surface area contributed by atoms with Gasteiger partial charge in [-0.3, -0.25) is 0 Å². The van der Waals surface area contributed by atoms with Crippen LogP contribution in [0.4, 0.5) is 0 Å². The third kappa shape index (κ3) is 3.40. The summed E-state index contributed by atoms with van der Waals surface area (Å²) >= 11 is 1.81. The second-order valence-electron chi connectivity index (χ2n) is 5.42. The number of nitrogens with zero attached hydrogens (tertiary/aromatic N) is 2. The molecule has 0 saturated carbocycles. The highest BCUT2D eigenvalue weighted by Gasteiger charge is 2.11. The standard InChI is InChI=1S/C17H20N2S/c1-13-7-9-15(10-8-13)20-12-17-18-11-14-5-3-2-4-6-16(14)19-17/h7-11H,2-6,12H2,1H3. The number of thioether (sulfide) groups is 1. The van der Waals surface area contributed by atoms with Gasteiger partial charge >= 0.3 is 0 Å². The summed E-state index contributed by atoms with van der Waals surface area (Å²) in [6.07, 6.45) is 8.21. The molecule has 2 aromatic rings. The van der Waals surface area contributed by atoms with Crippen LogP contribution in [0.25, 0.3) is 0 Å². The first kappa shape index (κ1) is 13.6. The first-order chi connectivity index (χ1) is 9.81. The largest absolute Gasteiger partial charge is 0.240 e. The lowest BCUT2D eigenvalue weighted by molar-refractivity contribution is 0.708. The first-order valence-electron chi connectivity index (χ1n) is 7.34. The van der Waals surface area contributed by atoms with Gasteiger partial charge in [-0.1, -0.05) is 24.1 Å². The maximum Gasteiger partial charge on any atom is 0.138 e. The Morgan fingerprint density at radius 1 is 1.05 bits per heavy atom.